The Labute approximate surface area is 153 Å². The molecule has 2 aromatic carbocycles. The molecule has 1 aliphatic rings. The maximum Gasteiger partial charge on any atom is 0.167 e. The number of rotatable bonds is 6. The van der Waals surface area contributed by atoms with Crippen LogP contribution in [0.25, 0.3) is 11.0 Å². The largest absolute Gasteiger partial charge is 0.493 e. The van der Waals surface area contributed by atoms with Crippen LogP contribution in [0.5, 0.6) is 11.5 Å². The fourth-order valence-corrected chi connectivity index (χ4v) is 3.59. The predicted octanol–water partition coefficient (Wildman–Crippen LogP) is 3.89. The number of hydrogen-bond donors (Lipinski definition) is 0. The van der Waals surface area contributed by atoms with Gasteiger partial charge in [0.1, 0.15) is 6.61 Å². The Hall–Kier alpha value is -2.53. The SMILES string of the molecule is COc1c[c]ccc1OCCN1CCC(c2noc3ccccc23)CC1. The topological polar surface area (TPSA) is 47.7 Å². The van der Waals surface area contributed by atoms with Crippen LogP contribution < -0.4 is 9.47 Å². The third-order valence-corrected chi connectivity index (χ3v) is 5.05. The number of piperidine rings is 1. The number of ether oxygens (including phenoxy) is 2. The quantitative estimate of drug-likeness (QED) is 0.674. The molecule has 4 rings (SSSR count). The van der Waals surface area contributed by atoms with E-state index in [-0.39, 0.29) is 0 Å². The summed E-state index contributed by atoms with van der Waals surface area (Å²) >= 11 is 0. The Bertz CT molecular complexity index is 853. The van der Waals surface area contributed by atoms with Crippen LogP contribution in [0.15, 0.2) is 47.0 Å². The number of hydrogen-bond acceptors (Lipinski definition) is 5. The van der Waals surface area contributed by atoms with E-state index in [9.17, 15) is 0 Å². The standard InChI is InChI=1S/C21H23N2O3/c1-24-19-8-4-5-9-20(19)25-15-14-23-12-10-16(11-13-23)21-17-6-2-3-7-18(17)26-22-21/h2-3,5-9,16H,10-15H2,1H3. The second-order valence-electron chi connectivity index (χ2n) is 6.61. The molecule has 5 heteroatoms. The molecule has 0 bridgehead atoms. The predicted molar refractivity (Wildman–Crippen MR) is 99.7 cm³/mol. The van der Waals surface area contributed by atoms with Gasteiger partial charge >= 0.3 is 0 Å². The van der Waals surface area contributed by atoms with E-state index in [2.05, 4.69) is 22.2 Å². The molecule has 0 spiro atoms. The van der Waals surface area contributed by atoms with Crippen molar-refractivity contribution in [2.75, 3.05) is 33.4 Å². The molecule has 0 unspecified atom stereocenters. The van der Waals surface area contributed by atoms with Crippen LogP contribution >= 0.6 is 0 Å². The highest BCUT2D eigenvalue weighted by atomic mass is 16.5. The smallest absolute Gasteiger partial charge is 0.167 e. The van der Waals surface area contributed by atoms with Gasteiger partial charge in [-0.15, -0.1) is 0 Å². The van der Waals surface area contributed by atoms with Crippen molar-refractivity contribution in [3.05, 3.63) is 54.2 Å². The number of likely N-dealkylation sites (tertiary alicyclic amines) is 1. The molecule has 0 aliphatic carbocycles. The summed E-state index contributed by atoms with van der Waals surface area (Å²) in [7, 11) is 1.65. The van der Waals surface area contributed by atoms with Crippen molar-refractivity contribution in [1.82, 2.24) is 10.1 Å². The summed E-state index contributed by atoms with van der Waals surface area (Å²) in [6.45, 7) is 3.66. The van der Waals surface area contributed by atoms with E-state index < -0.39 is 0 Å². The molecule has 26 heavy (non-hydrogen) atoms. The van der Waals surface area contributed by atoms with Gasteiger partial charge in [-0.2, -0.15) is 0 Å². The summed E-state index contributed by atoms with van der Waals surface area (Å²) in [5.74, 6) is 1.97. The Morgan fingerprint density at radius 3 is 2.88 bits per heavy atom. The normalized spacial score (nSPS) is 16.0. The Kier molecular flexibility index (Phi) is 5.07. The van der Waals surface area contributed by atoms with E-state index in [4.69, 9.17) is 14.0 Å². The molecule has 1 fully saturated rings. The highest BCUT2D eigenvalue weighted by Gasteiger charge is 2.24. The van der Waals surface area contributed by atoms with Crippen molar-refractivity contribution in [2.24, 2.45) is 0 Å². The van der Waals surface area contributed by atoms with Gasteiger partial charge in [-0.05, 0) is 56.3 Å². The number of aromatic nitrogens is 1. The van der Waals surface area contributed by atoms with Gasteiger partial charge in [0.05, 0.1) is 12.8 Å². The zero-order valence-corrected chi connectivity index (χ0v) is 15.0. The fraction of sp³-hybridized carbons (Fsp3) is 0.381. The maximum atomic E-state index is 5.87. The Morgan fingerprint density at radius 1 is 1.19 bits per heavy atom. The molecule has 1 aliphatic heterocycles. The third kappa shape index (κ3) is 3.53. The summed E-state index contributed by atoms with van der Waals surface area (Å²) in [5.41, 5.74) is 1.99. The van der Waals surface area contributed by atoms with Gasteiger partial charge < -0.3 is 14.0 Å². The molecule has 1 aromatic heterocycles. The second-order valence-corrected chi connectivity index (χ2v) is 6.61. The molecule has 3 aromatic rings. The molecule has 0 atom stereocenters. The van der Waals surface area contributed by atoms with E-state index in [0.717, 1.165) is 60.6 Å². The van der Waals surface area contributed by atoms with Gasteiger partial charge in [-0.3, -0.25) is 4.90 Å². The van der Waals surface area contributed by atoms with Crippen molar-refractivity contribution < 1.29 is 14.0 Å². The van der Waals surface area contributed by atoms with Crippen molar-refractivity contribution in [3.8, 4) is 11.5 Å². The van der Waals surface area contributed by atoms with Crippen molar-refractivity contribution >= 4 is 11.0 Å². The lowest BCUT2D eigenvalue weighted by molar-refractivity contribution is 0.169. The first-order valence-corrected chi connectivity index (χ1v) is 9.08. The third-order valence-electron chi connectivity index (χ3n) is 5.05. The summed E-state index contributed by atoms with van der Waals surface area (Å²) in [6.07, 6.45) is 2.19. The maximum absolute atomic E-state index is 5.87. The molecule has 2 heterocycles. The molecule has 0 N–H and O–H groups in total. The van der Waals surface area contributed by atoms with E-state index in [1.165, 1.54) is 0 Å². The summed E-state index contributed by atoms with van der Waals surface area (Å²) in [4.78, 5) is 2.44. The van der Waals surface area contributed by atoms with Crippen molar-refractivity contribution in [3.63, 3.8) is 0 Å². The van der Waals surface area contributed by atoms with Crippen molar-refractivity contribution in [2.45, 2.75) is 18.8 Å². The minimum absolute atomic E-state index is 0.473. The van der Waals surface area contributed by atoms with Crippen LogP contribution in [0.3, 0.4) is 0 Å². The molecule has 1 saturated heterocycles. The van der Waals surface area contributed by atoms with E-state index >= 15 is 0 Å². The molecule has 0 saturated carbocycles. The van der Waals surface area contributed by atoms with Crippen LogP contribution in [0.4, 0.5) is 0 Å². The van der Waals surface area contributed by atoms with Crippen LogP contribution in [-0.2, 0) is 0 Å². The van der Waals surface area contributed by atoms with E-state index in [1.807, 2.05) is 30.3 Å². The van der Waals surface area contributed by atoms with Gasteiger partial charge in [-0.1, -0.05) is 23.4 Å². The van der Waals surface area contributed by atoms with Crippen LogP contribution in [0.2, 0.25) is 0 Å². The number of fused-ring (bicyclic) bond motifs is 1. The lowest BCUT2D eigenvalue weighted by atomic mass is 9.91. The van der Waals surface area contributed by atoms with E-state index in [1.54, 1.807) is 13.2 Å². The van der Waals surface area contributed by atoms with Crippen LogP contribution in [-0.4, -0.2) is 43.4 Å². The Balaban J connectivity index is 1.29. The number of para-hydroxylation sites is 1. The zero-order valence-electron chi connectivity index (χ0n) is 15.0. The average molecular weight is 351 g/mol. The number of nitrogens with zero attached hydrogens (tertiary/aromatic N) is 2. The summed E-state index contributed by atoms with van der Waals surface area (Å²) in [5, 5.41) is 5.48. The lowest BCUT2D eigenvalue weighted by Gasteiger charge is -2.31. The fourth-order valence-electron chi connectivity index (χ4n) is 3.59. The number of benzene rings is 2. The lowest BCUT2D eigenvalue weighted by Crippen LogP contribution is -2.36. The molecular weight excluding hydrogens is 328 g/mol. The molecule has 135 valence electrons. The summed E-state index contributed by atoms with van der Waals surface area (Å²) < 4.78 is 16.6. The Morgan fingerprint density at radius 2 is 2.04 bits per heavy atom. The van der Waals surface area contributed by atoms with Gasteiger partial charge in [0.15, 0.2) is 17.1 Å². The van der Waals surface area contributed by atoms with Gasteiger partial charge in [0.2, 0.25) is 0 Å². The monoisotopic (exact) mass is 351 g/mol. The number of methoxy groups -OCH3 is 1. The minimum atomic E-state index is 0.473. The van der Waals surface area contributed by atoms with E-state index in [0.29, 0.717) is 12.5 Å². The molecular formula is C21H23N2O3. The first kappa shape index (κ1) is 16.9. The first-order valence-electron chi connectivity index (χ1n) is 9.08. The van der Waals surface area contributed by atoms with Gasteiger partial charge in [0.25, 0.3) is 0 Å². The van der Waals surface area contributed by atoms with Gasteiger partial charge in [-0.25, -0.2) is 0 Å². The zero-order chi connectivity index (χ0) is 17.8. The minimum Gasteiger partial charge on any atom is -0.493 e. The highest BCUT2D eigenvalue weighted by molar-refractivity contribution is 5.79. The van der Waals surface area contributed by atoms with Gasteiger partial charge in [0, 0.05) is 17.8 Å². The van der Waals surface area contributed by atoms with Crippen LogP contribution in [0.1, 0.15) is 24.5 Å². The first-order chi connectivity index (χ1) is 12.8. The molecule has 5 nitrogen and oxygen atoms in total. The average Bonchev–Trinajstić information content (AvgIpc) is 3.13. The van der Waals surface area contributed by atoms with Crippen molar-refractivity contribution in [1.29, 1.82) is 0 Å². The summed E-state index contributed by atoms with van der Waals surface area (Å²) in [6, 6.07) is 16.6. The van der Waals surface area contributed by atoms with Crippen LogP contribution in [0, 0.1) is 6.07 Å². The second kappa shape index (κ2) is 7.79. The molecule has 1 radical (unpaired) electrons. The molecule has 0 amide bonds. The highest BCUT2D eigenvalue weighted by Crippen LogP contribution is 2.32.